The van der Waals surface area contributed by atoms with Crippen LogP contribution in [0.25, 0.3) is 21.5 Å². The fourth-order valence-corrected chi connectivity index (χ4v) is 4.01. The van der Waals surface area contributed by atoms with Gasteiger partial charge in [0.1, 0.15) is 11.5 Å². The summed E-state index contributed by atoms with van der Waals surface area (Å²) in [5, 5.41) is 24.9. The number of halogens is 2. The normalized spacial score (nSPS) is 11.3. The molecule has 0 amide bonds. The van der Waals surface area contributed by atoms with Gasteiger partial charge in [0.25, 0.3) is 0 Å². The molecule has 0 bridgehead atoms. The van der Waals surface area contributed by atoms with Crippen molar-refractivity contribution in [1.82, 2.24) is 0 Å². The van der Waals surface area contributed by atoms with Crippen molar-refractivity contribution in [2.24, 2.45) is 0 Å². The van der Waals surface area contributed by atoms with Crippen molar-refractivity contribution in [2.45, 2.75) is 6.42 Å². The Balaban J connectivity index is 1.94. The molecule has 0 unspecified atom stereocenters. The number of phenolic OH excluding ortho intramolecular Hbond substituents is 2. The predicted molar refractivity (Wildman–Crippen MR) is 109 cm³/mol. The van der Waals surface area contributed by atoms with Crippen molar-refractivity contribution in [2.75, 3.05) is 0 Å². The number of benzene rings is 4. The Kier molecular flexibility index (Phi) is 4.18. The Morgan fingerprint density at radius 2 is 1.04 bits per heavy atom. The first-order chi connectivity index (χ1) is 12.0. The van der Waals surface area contributed by atoms with E-state index in [9.17, 15) is 10.2 Å². The van der Waals surface area contributed by atoms with Crippen LogP contribution in [0.5, 0.6) is 11.5 Å². The fourth-order valence-electron chi connectivity index (χ4n) is 3.26. The van der Waals surface area contributed by atoms with Crippen LogP contribution in [-0.4, -0.2) is 10.2 Å². The SMILES string of the molecule is Oc1ccc2cc(Br)ccc2c1Cc1c(O)ccc2cc(Br)ccc12. The molecule has 0 spiro atoms. The summed E-state index contributed by atoms with van der Waals surface area (Å²) >= 11 is 6.97. The monoisotopic (exact) mass is 456 g/mol. The molecule has 2 nitrogen and oxygen atoms in total. The minimum Gasteiger partial charge on any atom is -0.508 e. The summed E-state index contributed by atoms with van der Waals surface area (Å²) in [6.45, 7) is 0. The second kappa shape index (κ2) is 6.36. The molecule has 0 aromatic heterocycles. The molecule has 4 aromatic rings. The Morgan fingerprint density at radius 1 is 0.600 bits per heavy atom. The van der Waals surface area contributed by atoms with Gasteiger partial charge in [0.2, 0.25) is 0 Å². The number of hydrogen-bond acceptors (Lipinski definition) is 2. The van der Waals surface area contributed by atoms with Gasteiger partial charge in [0.15, 0.2) is 0 Å². The van der Waals surface area contributed by atoms with Crippen LogP contribution in [0.4, 0.5) is 0 Å². The molecular weight excluding hydrogens is 444 g/mol. The minimum atomic E-state index is 0.239. The van der Waals surface area contributed by atoms with Crippen LogP contribution in [0.3, 0.4) is 0 Å². The summed E-state index contributed by atoms with van der Waals surface area (Å²) < 4.78 is 1.99. The molecule has 0 aliphatic heterocycles. The molecule has 2 N–H and O–H groups in total. The maximum absolute atomic E-state index is 10.4. The lowest BCUT2D eigenvalue weighted by atomic mass is 9.93. The van der Waals surface area contributed by atoms with Gasteiger partial charge in [0, 0.05) is 26.5 Å². The predicted octanol–water partition coefficient (Wildman–Crippen LogP) is 6.52. The van der Waals surface area contributed by atoms with Crippen molar-refractivity contribution in [3.8, 4) is 11.5 Å². The van der Waals surface area contributed by atoms with Crippen LogP contribution in [0, 0.1) is 0 Å². The molecule has 0 fully saturated rings. The number of phenols is 2. The molecule has 0 heterocycles. The van der Waals surface area contributed by atoms with Gasteiger partial charge in [-0.15, -0.1) is 0 Å². The molecule has 0 saturated heterocycles. The molecule has 4 aromatic carbocycles. The average molecular weight is 458 g/mol. The first kappa shape index (κ1) is 16.4. The lowest BCUT2D eigenvalue weighted by molar-refractivity contribution is 0.464. The number of aromatic hydroxyl groups is 2. The van der Waals surface area contributed by atoms with Gasteiger partial charge in [0.05, 0.1) is 0 Å². The summed E-state index contributed by atoms with van der Waals surface area (Å²) in [6, 6.07) is 19.2. The van der Waals surface area contributed by atoms with Gasteiger partial charge in [-0.05, 0) is 57.9 Å². The lowest BCUT2D eigenvalue weighted by Crippen LogP contribution is -1.94. The maximum atomic E-state index is 10.4. The third-order valence-electron chi connectivity index (χ3n) is 4.49. The van der Waals surface area contributed by atoms with E-state index in [1.54, 1.807) is 12.1 Å². The molecule has 0 aliphatic rings. The molecule has 0 aliphatic carbocycles. The van der Waals surface area contributed by atoms with E-state index < -0.39 is 0 Å². The molecule has 4 heteroatoms. The summed E-state index contributed by atoms with van der Waals surface area (Å²) in [5.74, 6) is 0.478. The Bertz CT molecular complexity index is 1030. The molecule has 25 heavy (non-hydrogen) atoms. The minimum absolute atomic E-state index is 0.239. The van der Waals surface area contributed by atoms with E-state index in [1.165, 1.54) is 0 Å². The van der Waals surface area contributed by atoms with Gasteiger partial charge in [-0.3, -0.25) is 0 Å². The van der Waals surface area contributed by atoms with Crippen molar-refractivity contribution in [1.29, 1.82) is 0 Å². The van der Waals surface area contributed by atoms with Gasteiger partial charge < -0.3 is 10.2 Å². The summed E-state index contributed by atoms with van der Waals surface area (Å²) in [6.07, 6.45) is 0.454. The Morgan fingerprint density at radius 3 is 1.48 bits per heavy atom. The largest absolute Gasteiger partial charge is 0.508 e. The van der Waals surface area contributed by atoms with Crippen LogP contribution >= 0.6 is 31.9 Å². The molecule has 0 saturated carbocycles. The maximum Gasteiger partial charge on any atom is 0.119 e. The summed E-state index contributed by atoms with van der Waals surface area (Å²) in [7, 11) is 0. The van der Waals surface area contributed by atoms with Crippen LogP contribution < -0.4 is 0 Å². The number of fused-ring (bicyclic) bond motifs is 2. The quantitative estimate of drug-likeness (QED) is 0.359. The van der Waals surface area contributed by atoms with E-state index in [4.69, 9.17) is 0 Å². The highest BCUT2D eigenvalue weighted by Gasteiger charge is 2.14. The highest BCUT2D eigenvalue weighted by atomic mass is 79.9. The summed E-state index contributed by atoms with van der Waals surface area (Å²) in [5.41, 5.74) is 1.63. The van der Waals surface area contributed by atoms with Gasteiger partial charge in [-0.1, -0.05) is 56.1 Å². The first-order valence-electron chi connectivity index (χ1n) is 7.83. The van der Waals surface area contributed by atoms with Crippen LogP contribution in [0.1, 0.15) is 11.1 Å². The molecule has 0 radical (unpaired) electrons. The van der Waals surface area contributed by atoms with E-state index in [-0.39, 0.29) is 11.5 Å². The number of hydrogen-bond donors (Lipinski definition) is 2. The number of rotatable bonds is 2. The van der Waals surface area contributed by atoms with Crippen molar-refractivity contribution in [3.63, 3.8) is 0 Å². The van der Waals surface area contributed by atoms with Crippen LogP contribution in [0.15, 0.2) is 69.6 Å². The molecule has 124 valence electrons. The van der Waals surface area contributed by atoms with Crippen LogP contribution in [-0.2, 0) is 6.42 Å². The topological polar surface area (TPSA) is 40.5 Å². The van der Waals surface area contributed by atoms with Gasteiger partial charge in [-0.25, -0.2) is 0 Å². The van der Waals surface area contributed by atoms with E-state index in [0.29, 0.717) is 6.42 Å². The molecular formula is C21H14Br2O2. The average Bonchev–Trinajstić information content (AvgIpc) is 2.59. The van der Waals surface area contributed by atoms with Crippen molar-refractivity contribution in [3.05, 3.63) is 80.7 Å². The van der Waals surface area contributed by atoms with E-state index in [0.717, 1.165) is 41.6 Å². The smallest absolute Gasteiger partial charge is 0.119 e. The Hall–Kier alpha value is -2.04. The second-order valence-corrected chi connectivity index (χ2v) is 7.87. The lowest BCUT2D eigenvalue weighted by Gasteiger charge is -2.13. The first-order valence-corrected chi connectivity index (χ1v) is 9.42. The van der Waals surface area contributed by atoms with E-state index in [2.05, 4.69) is 31.9 Å². The van der Waals surface area contributed by atoms with Crippen molar-refractivity contribution < 1.29 is 10.2 Å². The molecule has 4 rings (SSSR count). The van der Waals surface area contributed by atoms with Gasteiger partial charge in [-0.2, -0.15) is 0 Å². The Labute approximate surface area is 162 Å². The highest BCUT2D eigenvalue weighted by Crippen LogP contribution is 2.36. The van der Waals surface area contributed by atoms with Gasteiger partial charge >= 0.3 is 0 Å². The van der Waals surface area contributed by atoms with Crippen LogP contribution in [0.2, 0.25) is 0 Å². The van der Waals surface area contributed by atoms with E-state index >= 15 is 0 Å². The standard InChI is InChI=1S/C21H14Br2O2/c22-14-3-5-16-12(9-14)1-7-20(24)18(16)11-19-17-6-4-15(23)10-13(17)2-8-21(19)25/h1-10,24-25H,11H2. The zero-order valence-electron chi connectivity index (χ0n) is 13.1. The second-order valence-electron chi connectivity index (χ2n) is 6.03. The third-order valence-corrected chi connectivity index (χ3v) is 5.48. The highest BCUT2D eigenvalue weighted by molar-refractivity contribution is 9.10. The third kappa shape index (κ3) is 3.00. The van der Waals surface area contributed by atoms with E-state index in [1.807, 2.05) is 48.5 Å². The zero-order chi connectivity index (χ0) is 17.6. The zero-order valence-corrected chi connectivity index (χ0v) is 16.3. The summed E-state index contributed by atoms with van der Waals surface area (Å²) in [4.78, 5) is 0. The molecule has 0 atom stereocenters. The fraction of sp³-hybridized carbons (Fsp3) is 0.0476. The van der Waals surface area contributed by atoms with Crippen molar-refractivity contribution >= 4 is 53.4 Å².